The number of thiazole rings is 1. The van der Waals surface area contributed by atoms with Crippen LogP contribution in [-0.4, -0.2) is 40.9 Å². The number of carbonyl (C=O) groups is 2. The van der Waals surface area contributed by atoms with Gasteiger partial charge in [-0.15, -0.1) is 11.3 Å². The predicted octanol–water partition coefficient (Wildman–Crippen LogP) is 4.07. The second-order valence-electron chi connectivity index (χ2n) is 7.59. The first kappa shape index (κ1) is 20.2. The topological polar surface area (TPSA) is 109 Å². The van der Waals surface area contributed by atoms with Crippen LogP contribution in [0.25, 0.3) is 32.7 Å². The average molecular weight is 448 g/mol. The number of benzene rings is 1. The Morgan fingerprint density at radius 3 is 2.75 bits per heavy atom. The molecule has 0 saturated heterocycles. The Bertz CT molecular complexity index is 1330. The number of hydrogen-bond donors (Lipinski definition) is 3. The van der Waals surface area contributed by atoms with E-state index in [-0.39, 0.29) is 17.7 Å². The summed E-state index contributed by atoms with van der Waals surface area (Å²) in [6, 6.07) is 7.76. The lowest BCUT2D eigenvalue weighted by atomic mass is 10.1. The maximum Gasteiger partial charge on any atom is 0.253 e. The third-order valence-corrected chi connectivity index (χ3v) is 6.32. The Morgan fingerprint density at radius 1 is 1.22 bits per heavy atom. The van der Waals surface area contributed by atoms with Crippen molar-refractivity contribution >= 4 is 39.9 Å². The summed E-state index contributed by atoms with van der Waals surface area (Å²) < 4.78 is 5.66. The number of pyridine rings is 1. The van der Waals surface area contributed by atoms with Crippen LogP contribution in [0.5, 0.6) is 5.75 Å². The fourth-order valence-corrected chi connectivity index (χ4v) is 4.28. The molecule has 9 heteroatoms. The minimum Gasteiger partial charge on any atom is -0.496 e. The molecule has 8 nitrogen and oxygen atoms in total. The number of aromatic amines is 1. The molecule has 1 fully saturated rings. The first-order valence-corrected chi connectivity index (χ1v) is 11.1. The number of amides is 2. The van der Waals surface area contributed by atoms with E-state index in [0.29, 0.717) is 28.0 Å². The summed E-state index contributed by atoms with van der Waals surface area (Å²) in [6.07, 6.45) is 5.04. The second kappa shape index (κ2) is 8.08. The number of nitrogens with zero attached hydrogens (tertiary/aromatic N) is 2. The monoisotopic (exact) mass is 447 g/mol. The van der Waals surface area contributed by atoms with Gasteiger partial charge in [0.15, 0.2) is 5.82 Å². The summed E-state index contributed by atoms with van der Waals surface area (Å²) in [5.41, 5.74) is 3.56. The summed E-state index contributed by atoms with van der Waals surface area (Å²) in [5.74, 6) is 0.821. The summed E-state index contributed by atoms with van der Waals surface area (Å²) >= 11 is 1.56. The Labute approximate surface area is 188 Å². The number of ether oxygens (including phenoxy) is 1. The maximum atomic E-state index is 12.4. The minimum atomic E-state index is -0.251. The molecule has 3 N–H and O–H groups in total. The van der Waals surface area contributed by atoms with Gasteiger partial charge in [0.25, 0.3) is 5.91 Å². The molecule has 0 aliphatic heterocycles. The molecule has 3 aromatic heterocycles. The lowest BCUT2D eigenvalue weighted by molar-refractivity contribution is -0.117. The quantitative estimate of drug-likeness (QED) is 0.413. The van der Waals surface area contributed by atoms with Gasteiger partial charge in [0, 0.05) is 47.3 Å². The van der Waals surface area contributed by atoms with E-state index >= 15 is 0 Å². The van der Waals surface area contributed by atoms with Crippen molar-refractivity contribution in [3.8, 4) is 27.6 Å². The first-order valence-electron chi connectivity index (χ1n) is 10.2. The zero-order valence-electron chi connectivity index (χ0n) is 17.6. The number of carbonyl (C=O) groups excluding carboxylic acids is 2. The molecule has 0 bridgehead atoms. The molecular formula is C23H21N5O3S. The van der Waals surface area contributed by atoms with Crippen molar-refractivity contribution in [2.75, 3.05) is 19.5 Å². The van der Waals surface area contributed by atoms with Crippen molar-refractivity contribution < 1.29 is 14.3 Å². The lowest BCUT2D eigenvalue weighted by Gasteiger charge is -2.09. The largest absolute Gasteiger partial charge is 0.496 e. The van der Waals surface area contributed by atoms with Crippen molar-refractivity contribution in [3.63, 3.8) is 0 Å². The average Bonchev–Trinajstić information content (AvgIpc) is 3.34. The zero-order valence-corrected chi connectivity index (χ0v) is 18.4. The molecule has 5 rings (SSSR count). The second-order valence-corrected chi connectivity index (χ2v) is 8.48. The van der Waals surface area contributed by atoms with Crippen LogP contribution in [0.2, 0.25) is 0 Å². The van der Waals surface area contributed by atoms with Gasteiger partial charge < -0.3 is 20.4 Å². The maximum absolute atomic E-state index is 12.4. The molecular weight excluding hydrogens is 426 g/mol. The van der Waals surface area contributed by atoms with Crippen LogP contribution in [0.1, 0.15) is 23.2 Å². The highest BCUT2D eigenvalue weighted by Gasteiger charge is 2.30. The summed E-state index contributed by atoms with van der Waals surface area (Å²) in [6.45, 7) is 0. The Kier molecular flexibility index (Phi) is 5.10. The van der Waals surface area contributed by atoms with Gasteiger partial charge in [-0.2, -0.15) is 0 Å². The van der Waals surface area contributed by atoms with E-state index in [2.05, 4.69) is 25.6 Å². The Balaban J connectivity index is 1.62. The molecule has 0 spiro atoms. The SMILES string of the molecule is CNC(=O)c1cnc(NC(=O)C2CC2)c2[nH]c(-c3ccc(-c4nccs4)cc3OC)cc12. The van der Waals surface area contributed by atoms with Crippen LogP contribution in [0, 0.1) is 5.92 Å². The predicted molar refractivity (Wildman–Crippen MR) is 124 cm³/mol. The molecule has 0 unspecified atom stereocenters. The Hall–Kier alpha value is -3.72. The molecule has 3 heterocycles. The van der Waals surface area contributed by atoms with Gasteiger partial charge in [0.2, 0.25) is 5.91 Å². The highest BCUT2D eigenvalue weighted by Crippen LogP contribution is 2.38. The van der Waals surface area contributed by atoms with E-state index in [9.17, 15) is 9.59 Å². The number of rotatable bonds is 6. The standard InChI is InChI=1S/C23H21N5O3S/c1-24-22(30)16-11-26-20(28-21(29)12-3-4-12)19-15(16)10-17(27-19)14-6-5-13(9-18(14)31-2)23-25-7-8-32-23/h5-12,27H,3-4H2,1-2H3,(H,24,30)(H,26,28,29). The molecule has 2 amide bonds. The van der Waals surface area contributed by atoms with Crippen LogP contribution in [-0.2, 0) is 4.79 Å². The van der Waals surface area contributed by atoms with E-state index < -0.39 is 0 Å². The molecule has 1 aliphatic carbocycles. The Morgan fingerprint density at radius 2 is 2.06 bits per heavy atom. The van der Waals surface area contributed by atoms with Crippen molar-refractivity contribution in [2.45, 2.75) is 12.8 Å². The van der Waals surface area contributed by atoms with Gasteiger partial charge in [-0.05, 0) is 31.0 Å². The van der Waals surface area contributed by atoms with Gasteiger partial charge in [-0.1, -0.05) is 6.07 Å². The number of aromatic nitrogens is 3. The van der Waals surface area contributed by atoms with E-state index in [0.717, 1.165) is 34.7 Å². The van der Waals surface area contributed by atoms with Gasteiger partial charge in [0.05, 0.1) is 23.9 Å². The third-order valence-electron chi connectivity index (χ3n) is 5.50. The molecule has 0 radical (unpaired) electrons. The van der Waals surface area contributed by atoms with Crippen LogP contribution in [0.3, 0.4) is 0 Å². The molecule has 1 saturated carbocycles. The number of nitrogens with one attached hydrogen (secondary N) is 3. The fourth-order valence-electron chi connectivity index (χ4n) is 3.65. The molecule has 32 heavy (non-hydrogen) atoms. The van der Waals surface area contributed by atoms with Crippen LogP contribution < -0.4 is 15.4 Å². The van der Waals surface area contributed by atoms with E-state index in [1.807, 2.05) is 29.6 Å². The van der Waals surface area contributed by atoms with Crippen LogP contribution in [0.4, 0.5) is 5.82 Å². The van der Waals surface area contributed by atoms with E-state index in [4.69, 9.17) is 4.74 Å². The number of H-pyrrole nitrogens is 1. The number of hydrogen-bond acceptors (Lipinski definition) is 6. The minimum absolute atomic E-state index is 0.0402. The van der Waals surface area contributed by atoms with Crippen LogP contribution >= 0.6 is 11.3 Å². The molecule has 1 aromatic carbocycles. The molecule has 162 valence electrons. The van der Waals surface area contributed by atoms with Crippen molar-refractivity contribution in [1.29, 1.82) is 0 Å². The fraction of sp³-hybridized carbons (Fsp3) is 0.217. The van der Waals surface area contributed by atoms with Crippen molar-refractivity contribution in [1.82, 2.24) is 20.3 Å². The lowest BCUT2D eigenvalue weighted by Crippen LogP contribution is -2.19. The van der Waals surface area contributed by atoms with Crippen molar-refractivity contribution in [2.24, 2.45) is 5.92 Å². The molecule has 1 aliphatic rings. The van der Waals surface area contributed by atoms with Gasteiger partial charge in [-0.25, -0.2) is 9.97 Å². The zero-order chi connectivity index (χ0) is 22.2. The number of methoxy groups -OCH3 is 1. The number of fused-ring (bicyclic) bond motifs is 1. The molecule has 4 aromatic rings. The van der Waals surface area contributed by atoms with Gasteiger partial charge in [0.1, 0.15) is 10.8 Å². The summed E-state index contributed by atoms with van der Waals surface area (Å²) in [4.78, 5) is 36.9. The highest BCUT2D eigenvalue weighted by atomic mass is 32.1. The van der Waals surface area contributed by atoms with Crippen molar-refractivity contribution in [3.05, 3.63) is 47.6 Å². The normalized spacial score (nSPS) is 13.2. The third kappa shape index (κ3) is 3.60. The summed E-state index contributed by atoms with van der Waals surface area (Å²) in [5, 5.41) is 9.05. The van der Waals surface area contributed by atoms with Gasteiger partial charge in [-0.3, -0.25) is 9.59 Å². The van der Waals surface area contributed by atoms with E-state index in [1.54, 1.807) is 31.7 Å². The first-order chi connectivity index (χ1) is 15.6. The summed E-state index contributed by atoms with van der Waals surface area (Å²) in [7, 11) is 3.19. The van der Waals surface area contributed by atoms with E-state index in [1.165, 1.54) is 6.20 Å². The van der Waals surface area contributed by atoms with Crippen LogP contribution in [0.15, 0.2) is 42.0 Å². The highest BCUT2D eigenvalue weighted by molar-refractivity contribution is 7.13. The smallest absolute Gasteiger partial charge is 0.253 e. The molecule has 0 atom stereocenters. The van der Waals surface area contributed by atoms with Gasteiger partial charge >= 0.3 is 0 Å². The number of anilines is 1.